The largest absolute Gasteiger partial charge is 0.377 e. The van der Waals surface area contributed by atoms with Crippen LogP contribution < -0.4 is 10.2 Å². The summed E-state index contributed by atoms with van der Waals surface area (Å²) in [6.07, 6.45) is 0.292. The molecule has 0 aromatic heterocycles. The van der Waals surface area contributed by atoms with Gasteiger partial charge in [0.15, 0.2) is 0 Å². The highest BCUT2D eigenvalue weighted by atomic mass is 79.9. The number of likely N-dealkylation sites (N-methyl/N-ethyl adjacent to an activating group) is 1. The van der Waals surface area contributed by atoms with Crippen LogP contribution in [0.5, 0.6) is 0 Å². The first-order chi connectivity index (χ1) is 8.54. The molecule has 3 nitrogen and oxygen atoms in total. The lowest BCUT2D eigenvalue weighted by atomic mass is 10.2. The van der Waals surface area contributed by atoms with E-state index in [2.05, 4.69) is 65.2 Å². The molecule has 0 radical (unpaired) electrons. The Morgan fingerprint density at radius 1 is 1.39 bits per heavy atom. The highest BCUT2D eigenvalue weighted by Crippen LogP contribution is 2.26. The first-order valence-electron chi connectivity index (χ1n) is 6.30. The molecule has 1 aromatic carbocycles. The minimum Gasteiger partial charge on any atom is -0.377 e. The smallest absolute Gasteiger partial charge is 0.0644 e. The molecule has 1 aromatic rings. The van der Waals surface area contributed by atoms with Gasteiger partial charge in [-0.05, 0) is 54.5 Å². The summed E-state index contributed by atoms with van der Waals surface area (Å²) in [4.78, 5) is 2.20. The van der Waals surface area contributed by atoms with Gasteiger partial charge in [0, 0.05) is 24.6 Å². The normalized spacial score (nSPS) is 11.0. The molecule has 102 valence electrons. The van der Waals surface area contributed by atoms with E-state index in [1.54, 1.807) is 0 Å². The summed E-state index contributed by atoms with van der Waals surface area (Å²) in [7, 11) is 4.04. The lowest BCUT2D eigenvalue weighted by Crippen LogP contribution is -2.24. The van der Waals surface area contributed by atoms with E-state index >= 15 is 0 Å². The summed E-state index contributed by atoms with van der Waals surface area (Å²) in [5.41, 5.74) is 2.47. The van der Waals surface area contributed by atoms with Gasteiger partial charge in [-0.1, -0.05) is 6.07 Å². The Morgan fingerprint density at radius 2 is 2.11 bits per heavy atom. The van der Waals surface area contributed by atoms with Gasteiger partial charge in [-0.2, -0.15) is 0 Å². The lowest BCUT2D eigenvalue weighted by Gasteiger charge is -2.22. The zero-order chi connectivity index (χ0) is 13.5. The van der Waals surface area contributed by atoms with E-state index in [4.69, 9.17) is 4.74 Å². The number of ether oxygens (including phenoxy) is 1. The predicted octanol–water partition coefficient (Wildman–Crippen LogP) is 3.03. The third kappa shape index (κ3) is 4.96. The molecule has 0 amide bonds. The van der Waals surface area contributed by atoms with Crippen molar-refractivity contribution >= 4 is 21.6 Å². The molecule has 0 aliphatic rings. The molecule has 4 heteroatoms. The first-order valence-corrected chi connectivity index (χ1v) is 7.09. The second-order valence-electron chi connectivity index (χ2n) is 4.66. The van der Waals surface area contributed by atoms with Crippen LogP contribution in [0.25, 0.3) is 0 Å². The van der Waals surface area contributed by atoms with Crippen LogP contribution in [0.15, 0.2) is 22.7 Å². The van der Waals surface area contributed by atoms with Crippen LogP contribution in [-0.2, 0) is 11.3 Å². The lowest BCUT2D eigenvalue weighted by molar-refractivity contribution is 0.0846. The molecular formula is C14H23BrN2O. The molecule has 0 atom stereocenters. The molecular weight excluding hydrogens is 292 g/mol. The van der Waals surface area contributed by atoms with E-state index < -0.39 is 0 Å². The third-order valence-electron chi connectivity index (χ3n) is 2.68. The minimum atomic E-state index is 0.292. The van der Waals surface area contributed by atoms with Crippen LogP contribution in [-0.4, -0.2) is 33.4 Å². The standard InChI is InChI=1S/C14H23BrN2O/c1-11(2)18-8-7-17(4)14-6-5-12(10-16-3)9-13(14)15/h5-6,9,11,16H,7-8,10H2,1-4H3. The van der Waals surface area contributed by atoms with Crippen LogP contribution >= 0.6 is 15.9 Å². The van der Waals surface area contributed by atoms with Gasteiger partial charge in [-0.3, -0.25) is 0 Å². The van der Waals surface area contributed by atoms with Gasteiger partial charge in [-0.15, -0.1) is 0 Å². The third-order valence-corrected chi connectivity index (χ3v) is 3.32. The summed E-state index contributed by atoms with van der Waals surface area (Å²) < 4.78 is 6.70. The van der Waals surface area contributed by atoms with Gasteiger partial charge in [0.25, 0.3) is 0 Å². The number of rotatable bonds is 7. The van der Waals surface area contributed by atoms with Crippen LogP contribution in [0.2, 0.25) is 0 Å². The van der Waals surface area contributed by atoms with E-state index in [-0.39, 0.29) is 0 Å². The number of hydrogen-bond acceptors (Lipinski definition) is 3. The van der Waals surface area contributed by atoms with Crippen molar-refractivity contribution in [3.05, 3.63) is 28.2 Å². The number of benzene rings is 1. The molecule has 0 spiro atoms. The van der Waals surface area contributed by atoms with Gasteiger partial charge in [0.05, 0.1) is 18.4 Å². The second-order valence-corrected chi connectivity index (χ2v) is 5.51. The Labute approximate surface area is 119 Å². The fourth-order valence-electron chi connectivity index (χ4n) is 1.72. The maximum atomic E-state index is 5.57. The van der Waals surface area contributed by atoms with Gasteiger partial charge in [0.1, 0.15) is 0 Å². The number of nitrogens with zero attached hydrogens (tertiary/aromatic N) is 1. The van der Waals surface area contributed by atoms with Crippen LogP contribution in [0.3, 0.4) is 0 Å². The Hall–Kier alpha value is -0.580. The number of anilines is 1. The topological polar surface area (TPSA) is 24.5 Å². The number of hydrogen-bond donors (Lipinski definition) is 1. The quantitative estimate of drug-likeness (QED) is 0.837. The molecule has 1 N–H and O–H groups in total. The Bertz CT molecular complexity index is 369. The van der Waals surface area contributed by atoms with Crippen molar-refractivity contribution < 1.29 is 4.74 Å². The van der Waals surface area contributed by atoms with E-state index in [0.717, 1.165) is 24.2 Å². The first kappa shape index (κ1) is 15.5. The maximum Gasteiger partial charge on any atom is 0.0644 e. The summed E-state index contributed by atoms with van der Waals surface area (Å²) in [6.45, 7) is 6.64. The van der Waals surface area contributed by atoms with Crippen molar-refractivity contribution in [2.45, 2.75) is 26.5 Å². The average Bonchev–Trinajstić information content (AvgIpc) is 2.28. The monoisotopic (exact) mass is 314 g/mol. The fourth-order valence-corrected chi connectivity index (χ4v) is 2.45. The zero-order valence-corrected chi connectivity index (χ0v) is 13.3. The molecule has 1 rings (SSSR count). The van der Waals surface area contributed by atoms with Crippen LogP contribution in [0.1, 0.15) is 19.4 Å². The molecule has 0 aliphatic heterocycles. The van der Waals surface area contributed by atoms with Crippen molar-refractivity contribution in [1.82, 2.24) is 5.32 Å². The zero-order valence-electron chi connectivity index (χ0n) is 11.7. The molecule has 0 fully saturated rings. The van der Waals surface area contributed by atoms with Crippen molar-refractivity contribution in [2.24, 2.45) is 0 Å². The highest BCUT2D eigenvalue weighted by Gasteiger charge is 2.06. The van der Waals surface area contributed by atoms with E-state index in [1.807, 2.05) is 7.05 Å². The second kappa shape index (κ2) is 7.77. The number of halogens is 1. The minimum absolute atomic E-state index is 0.292. The fraction of sp³-hybridized carbons (Fsp3) is 0.571. The van der Waals surface area contributed by atoms with Gasteiger partial charge in [0.2, 0.25) is 0 Å². The molecule has 0 heterocycles. The molecule has 18 heavy (non-hydrogen) atoms. The summed E-state index contributed by atoms with van der Waals surface area (Å²) in [5, 5.41) is 3.15. The molecule has 0 saturated carbocycles. The van der Waals surface area contributed by atoms with Crippen molar-refractivity contribution in [3.8, 4) is 0 Å². The summed E-state index contributed by atoms with van der Waals surface area (Å²) in [5.74, 6) is 0. The summed E-state index contributed by atoms with van der Waals surface area (Å²) >= 11 is 3.63. The van der Waals surface area contributed by atoms with E-state index in [9.17, 15) is 0 Å². The van der Waals surface area contributed by atoms with E-state index in [0.29, 0.717) is 6.10 Å². The van der Waals surface area contributed by atoms with Crippen molar-refractivity contribution in [1.29, 1.82) is 0 Å². The van der Waals surface area contributed by atoms with Crippen molar-refractivity contribution in [2.75, 3.05) is 32.1 Å². The number of nitrogens with one attached hydrogen (secondary N) is 1. The van der Waals surface area contributed by atoms with E-state index in [1.165, 1.54) is 11.3 Å². The SMILES string of the molecule is CNCc1ccc(N(C)CCOC(C)C)c(Br)c1. The Balaban J connectivity index is 2.59. The Morgan fingerprint density at radius 3 is 2.67 bits per heavy atom. The van der Waals surface area contributed by atoms with Crippen molar-refractivity contribution in [3.63, 3.8) is 0 Å². The predicted molar refractivity (Wildman–Crippen MR) is 81.3 cm³/mol. The Kier molecular flexibility index (Phi) is 6.68. The molecule has 0 saturated heterocycles. The molecule has 0 aliphatic carbocycles. The van der Waals surface area contributed by atoms with Crippen LogP contribution in [0.4, 0.5) is 5.69 Å². The molecule has 0 unspecified atom stereocenters. The van der Waals surface area contributed by atoms with Crippen LogP contribution in [0, 0.1) is 0 Å². The highest BCUT2D eigenvalue weighted by molar-refractivity contribution is 9.10. The van der Waals surface area contributed by atoms with Gasteiger partial charge < -0.3 is 15.0 Å². The maximum absolute atomic E-state index is 5.57. The van der Waals surface area contributed by atoms with Gasteiger partial charge >= 0.3 is 0 Å². The van der Waals surface area contributed by atoms with Gasteiger partial charge in [-0.25, -0.2) is 0 Å². The molecule has 0 bridgehead atoms. The summed E-state index contributed by atoms with van der Waals surface area (Å²) in [6, 6.07) is 6.45. The average molecular weight is 315 g/mol.